The number of hydrogen-bond acceptors (Lipinski definition) is 1. The Morgan fingerprint density at radius 2 is 2.14 bits per heavy atom. The molecular formula is C12H18FN. The summed E-state index contributed by atoms with van der Waals surface area (Å²) < 4.78 is 12.5. The predicted molar refractivity (Wildman–Crippen MR) is 58.1 cm³/mol. The molecule has 0 amide bonds. The molecule has 78 valence electrons. The van der Waals surface area contributed by atoms with Crippen molar-refractivity contribution < 1.29 is 4.39 Å². The molecule has 0 aromatic heterocycles. The number of aryl methyl sites for hydroxylation is 1. The second-order valence-electron chi connectivity index (χ2n) is 3.80. The van der Waals surface area contributed by atoms with Crippen LogP contribution in [0.4, 0.5) is 4.39 Å². The lowest BCUT2D eigenvalue weighted by atomic mass is 9.92. The Morgan fingerprint density at radius 1 is 1.43 bits per heavy atom. The summed E-state index contributed by atoms with van der Waals surface area (Å²) in [6.07, 6.45) is 0.955. The monoisotopic (exact) mass is 195 g/mol. The lowest BCUT2D eigenvalue weighted by Gasteiger charge is -2.14. The first kappa shape index (κ1) is 11.2. The molecule has 2 N–H and O–H groups in total. The van der Waals surface area contributed by atoms with Crippen molar-refractivity contribution >= 4 is 0 Å². The van der Waals surface area contributed by atoms with Crippen molar-refractivity contribution in [3.8, 4) is 0 Å². The molecular weight excluding hydrogens is 177 g/mol. The SMILES string of the molecule is Cc1ccc(CF)cc1C(C)CCN. The van der Waals surface area contributed by atoms with Crippen LogP contribution in [0.15, 0.2) is 18.2 Å². The van der Waals surface area contributed by atoms with Gasteiger partial charge < -0.3 is 5.73 Å². The summed E-state index contributed by atoms with van der Waals surface area (Å²) in [5, 5.41) is 0. The van der Waals surface area contributed by atoms with E-state index in [1.807, 2.05) is 18.2 Å². The Balaban J connectivity index is 2.93. The molecule has 1 rings (SSSR count). The van der Waals surface area contributed by atoms with Crippen molar-refractivity contribution in [2.24, 2.45) is 5.73 Å². The van der Waals surface area contributed by atoms with Crippen molar-refractivity contribution in [1.29, 1.82) is 0 Å². The molecule has 1 aromatic carbocycles. The van der Waals surface area contributed by atoms with E-state index in [4.69, 9.17) is 5.73 Å². The van der Waals surface area contributed by atoms with Gasteiger partial charge in [-0.15, -0.1) is 0 Å². The first-order chi connectivity index (χ1) is 6.69. The van der Waals surface area contributed by atoms with Gasteiger partial charge in [0.15, 0.2) is 0 Å². The fourth-order valence-corrected chi connectivity index (χ4v) is 1.71. The van der Waals surface area contributed by atoms with Crippen molar-refractivity contribution in [3.05, 3.63) is 34.9 Å². The first-order valence-electron chi connectivity index (χ1n) is 5.04. The standard InChI is InChI=1S/C12H18FN/c1-9-3-4-11(8-13)7-12(9)10(2)5-6-14/h3-4,7,10H,5-6,8,14H2,1-2H3. The Kier molecular flexibility index (Phi) is 4.08. The normalized spacial score (nSPS) is 12.9. The first-order valence-corrected chi connectivity index (χ1v) is 5.04. The fourth-order valence-electron chi connectivity index (χ4n) is 1.71. The highest BCUT2D eigenvalue weighted by molar-refractivity contribution is 5.33. The molecule has 2 heteroatoms. The molecule has 1 aromatic rings. The zero-order valence-corrected chi connectivity index (χ0v) is 8.89. The number of hydrogen-bond donors (Lipinski definition) is 1. The molecule has 0 saturated heterocycles. The molecule has 1 atom stereocenters. The van der Waals surface area contributed by atoms with E-state index >= 15 is 0 Å². The van der Waals surface area contributed by atoms with Crippen LogP contribution in [-0.4, -0.2) is 6.54 Å². The minimum Gasteiger partial charge on any atom is -0.330 e. The highest BCUT2D eigenvalue weighted by Crippen LogP contribution is 2.23. The fraction of sp³-hybridized carbons (Fsp3) is 0.500. The van der Waals surface area contributed by atoms with E-state index in [9.17, 15) is 4.39 Å². The summed E-state index contributed by atoms with van der Waals surface area (Å²) in [6, 6.07) is 5.78. The van der Waals surface area contributed by atoms with Gasteiger partial charge in [0.25, 0.3) is 0 Å². The summed E-state index contributed by atoms with van der Waals surface area (Å²) in [6.45, 7) is 4.49. The number of rotatable bonds is 4. The van der Waals surface area contributed by atoms with Crippen LogP contribution in [0.2, 0.25) is 0 Å². The van der Waals surface area contributed by atoms with Crippen molar-refractivity contribution in [1.82, 2.24) is 0 Å². The predicted octanol–water partition coefficient (Wildman–Crippen LogP) is 2.92. The molecule has 0 saturated carbocycles. The van der Waals surface area contributed by atoms with Gasteiger partial charge in [-0.05, 0) is 42.5 Å². The molecule has 0 aliphatic rings. The lowest BCUT2D eigenvalue weighted by molar-refractivity contribution is 0.484. The van der Waals surface area contributed by atoms with E-state index in [-0.39, 0.29) is 6.67 Å². The van der Waals surface area contributed by atoms with Gasteiger partial charge in [-0.25, -0.2) is 4.39 Å². The minimum absolute atomic E-state index is 0.386. The summed E-state index contributed by atoms with van der Waals surface area (Å²) in [7, 11) is 0. The Labute approximate surface area is 85.1 Å². The van der Waals surface area contributed by atoms with Gasteiger partial charge in [-0.2, -0.15) is 0 Å². The van der Waals surface area contributed by atoms with E-state index < -0.39 is 0 Å². The van der Waals surface area contributed by atoms with Gasteiger partial charge in [-0.3, -0.25) is 0 Å². The van der Waals surface area contributed by atoms with Crippen LogP contribution < -0.4 is 5.73 Å². The summed E-state index contributed by atoms with van der Waals surface area (Å²) in [5.41, 5.74) is 8.72. The Morgan fingerprint density at radius 3 is 2.71 bits per heavy atom. The van der Waals surface area contributed by atoms with Crippen molar-refractivity contribution in [3.63, 3.8) is 0 Å². The molecule has 1 nitrogen and oxygen atoms in total. The quantitative estimate of drug-likeness (QED) is 0.785. The van der Waals surface area contributed by atoms with Crippen molar-refractivity contribution in [2.75, 3.05) is 6.54 Å². The summed E-state index contributed by atoms with van der Waals surface area (Å²) in [5.74, 6) is 0.423. The van der Waals surface area contributed by atoms with Gasteiger partial charge in [-0.1, -0.05) is 25.1 Å². The molecule has 0 heterocycles. The smallest absolute Gasteiger partial charge is 0.115 e. The maximum Gasteiger partial charge on any atom is 0.115 e. The zero-order valence-electron chi connectivity index (χ0n) is 8.89. The van der Waals surface area contributed by atoms with Gasteiger partial charge in [0, 0.05) is 0 Å². The Hall–Kier alpha value is -0.890. The maximum absolute atomic E-state index is 12.5. The van der Waals surface area contributed by atoms with E-state index in [0.717, 1.165) is 12.0 Å². The summed E-state index contributed by atoms with van der Waals surface area (Å²) >= 11 is 0. The van der Waals surface area contributed by atoms with E-state index in [2.05, 4.69) is 13.8 Å². The highest BCUT2D eigenvalue weighted by atomic mass is 19.1. The van der Waals surface area contributed by atoms with Crippen LogP contribution >= 0.6 is 0 Å². The van der Waals surface area contributed by atoms with Crippen LogP contribution in [-0.2, 0) is 6.67 Å². The second kappa shape index (κ2) is 5.11. The van der Waals surface area contributed by atoms with Crippen LogP contribution in [0, 0.1) is 6.92 Å². The molecule has 0 bridgehead atoms. The minimum atomic E-state index is -0.386. The molecule has 0 spiro atoms. The van der Waals surface area contributed by atoms with Crippen LogP contribution in [0.25, 0.3) is 0 Å². The number of benzene rings is 1. The largest absolute Gasteiger partial charge is 0.330 e. The van der Waals surface area contributed by atoms with Gasteiger partial charge in [0.1, 0.15) is 6.67 Å². The third kappa shape index (κ3) is 2.55. The van der Waals surface area contributed by atoms with E-state index in [0.29, 0.717) is 12.5 Å². The van der Waals surface area contributed by atoms with Crippen LogP contribution in [0.1, 0.15) is 36.0 Å². The molecule has 0 fully saturated rings. The Bertz CT molecular complexity index is 296. The number of halogens is 1. The van der Waals surface area contributed by atoms with Gasteiger partial charge in [0.05, 0.1) is 0 Å². The van der Waals surface area contributed by atoms with Crippen LogP contribution in [0.5, 0.6) is 0 Å². The average molecular weight is 195 g/mol. The highest BCUT2D eigenvalue weighted by Gasteiger charge is 2.08. The third-order valence-corrected chi connectivity index (χ3v) is 2.63. The molecule has 14 heavy (non-hydrogen) atoms. The lowest BCUT2D eigenvalue weighted by Crippen LogP contribution is -2.06. The number of nitrogens with two attached hydrogens (primary N) is 1. The number of alkyl halides is 1. The van der Waals surface area contributed by atoms with Crippen LogP contribution in [0.3, 0.4) is 0 Å². The second-order valence-corrected chi connectivity index (χ2v) is 3.80. The zero-order chi connectivity index (χ0) is 10.6. The maximum atomic E-state index is 12.5. The average Bonchev–Trinajstić information content (AvgIpc) is 2.19. The molecule has 0 aliphatic carbocycles. The summed E-state index contributed by atoms with van der Waals surface area (Å²) in [4.78, 5) is 0. The van der Waals surface area contributed by atoms with Gasteiger partial charge >= 0.3 is 0 Å². The topological polar surface area (TPSA) is 26.0 Å². The molecule has 0 aliphatic heterocycles. The molecule has 0 radical (unpaired) electrons. The van der Waals surface area contributed by atoms with Crippen molar-refractivity contribution in [2.45, 2.75) is 32.9 Å². The van der Waals surface area contributed by atoms with E-state index in [1.54, 1.807) is 0 Å². The van der Waals surface area contributed by atoms with Gasteiger partial charge in [0.2, 0.25) is 0 Å². The van der Waals surface area contributed by atoms with E-state index in [1.165, 1.54) is 11.1 Å². The third-order valence-electron chi connectivity index (χ3n) is 2.63. The molecule has 1 unspecified atom stereocenters.